The average molecular weight is 292 g/mol. The molecule has 1 atom stereocenters. The summed E-state index contributed by atoms with van der Waals surface area (Å²) >= 11 is 0. The maximum Gasteiger partial charge on any atom is 0.242 e. The lowest BCUT2D eigenvalue weighted by Crippen LogP contribution is -2.43. The van der Waals surface area contributed by atoms with Crippen molar-refractivity contribution in [3.63, 3.8) is 0 Å². The number of hydrogen-bond donors (Lipinski definition) is 1. The zero-order chi connectivity index (χ0) is 15.1. The van der Waals surface area contributed by atoms with Gasteiger partial charge in [0.25, 0.3) is 0 Å². The maximum absolute atomic E-state index is 12.1. The number of rotatable bonds is 6. The minimum Gasteiger partial charge on any atom is -0.491 e. The number of carbonyl (C=O) groups excluding carboxylic acids is 1. The molecular formula is C16H24N2O3. The monoisotopic (exact) mass is 292 g/mol. The maximum atomic E-state index is 12.1. The Bertz CT molecular complexity index is 459. The lowest BCUT2D eigenvalue weighted by Gasteiger charge is -2.27. The fourth-order valence-electron chi connectivity index (χ4n) is 2.10. The highest BCUT2D eigenvalue weighted by atomic mass is 16.5. The topological polar surface area (TPSA) is 50.8 Å². The van der Waals surface area contributed by atoms with E-state index in [0.717, 1.165) is 17.9 Å². The second-order valence-electron chi connectivity index (χ2n) is 5.21. The Morgan fingerprint density at radius 1 is 1.43 bits per heavy atom. The minimum absolute atomic E-state index is 0.103. The molecule has 0 aliphatic carbocycles. The van der Waals surface area contributed by atoms with Gasteiger partial charge < -0.3 is 19.7 Å². The molecule has 0 spiro atoms. The average Bonchev–Trinajstić information content (AvgIpc) is 2.53. The van der Waals surface area contributed by atoms with Crippen LogP contribution in [0.5, 0.6) is 5.75 Å². The summed E-state index contributed by atoms with van der Waals surface area (Å²) in [6.45, 7) is 7.05. The molecule has 1 amide bonds. The van der Waals surface area contributed by atoms with Gasteiger partial charge in [-0.05, 0) is 25.5 Å². The number of ether oxygens (including phenoxy) is 2. The molecule has 2 rings (SSSR count). The van der Waals surface area contributed by atoms with E-state index in [4.69, 9.17) is 9.47 Å². The molecule has 0 bridgehead atoms. The fourth-order valence-corrected chi connectivity index (χ4v) is 2.10. The summed E-state index contributed by atoms with van der Waals surface area (Å²) in [6, 6.07) is 7.73. The molecular weight excluding hydrogens is 268 g/mol. The number of nitrogens with one attached hydrogen (secondary N) is 1. The van der Waals surface area contributed by atoms with Crippen molar-refractivity contribution in [3.05, 3.63) is 24.3 Å². The van der Waals surface area contributed by atoms with Crippen molar-refractivity contribution in [1.29, 1.82) is 0 Å². The van der Waals surface area contributed by atoms with Gasteiger partial charge in [-0.3, -0.25) is 4.79 Å². The SMILES string of the molecule is CCC(C)Oc1cccc(NCC(=O)N2CCOCC2)c1. The van der Waals surface area contributed by atoms with Gasteiger partial charge in [0.2, 0.25) is 5.91 Å². The third kappa shape index (κ3) is 4.93. The van der Waals surface area contributed by atoms with Crippen molar-refractivity contribution in [2.24, 2.45) is 0 Å². The van der Waals surface area contributed by atoms with Crippen LogP contribution in [0.25, 0.3) is 0 Å². The van der Waals surface area contributed by atoms with Gasteiger partial charge in [-0.2, -0.15) is 0 Å². The molecule has 21 heavy (non-hydrogen) atoms. The Balaban J connectivity index is 1.84. The van der Waals surface area contributed by atoms with Crippen molar-refractivity contribution >= 4 is 11.6 Å². The Morgan fingerprint density at radius 3 is 2.90 bits per heavy atom. The van der Waals surface area contributed by atoms with E-state index in [9.17, 15) is 4.79 Å². The van der Waals surface area contributed by atoms with Crippen molar-refractivity contribution in [2.45, 2.75) is 26.4 Å². The van der Waals surface area contributed by atoms with E-state index in [2.05, 4.69) is 12.2 Å². The Kier molecular flexibility index (Phi) is 5.87. The van der Waals surface area contributed by atoms with Crippen molar-refractivity contribution < 1.29 is 14.3 Å². The highest BCUT2D eigenvalue weighted by Crippen LogP contribution is 2.19. The van der Waals surface area contributed by atoms with Crippen LogP contribution < -0.4 is 10.1 Å². The molecule has 5 nitrogen and oxygen atoms in total. The summed E-state index contributed by atoms with van der Waals surface area (Å²) in [5.41, 5.74) is 0.900. The molecule has 5 heteroatoms. The van der Waals surface area contributed by atoms with Gasteiger partial charge in [0.15, 0.2) is 0 Å². The summed E-state index contributed by atoms with van der Waals surface area (Å²) in [4.78, 5) is 13.9. The van der Waals surface area contributed by atoms with E-state index in [1.165, 1.54) is 0 Å². The summed E-state index contributed by atoms with van der Waals surface area (Å²) in [5.74, 6) is 0.930. The highest BCUT2D eigenvalue weighted by molar-refractivity contribution is 5.81. The summed E-state index contributed by atoms with van der Waals surface area (Å²) < 4.78 is 11.0. The zero-order valence-corrected chi connectivity index (χ0v) is 12.8. The predicted molar refractivity (Wildman–Crippen MR) is 82.7 cm³/mol. The van der Waals surface area contributed by atoms with Crippen LogP contribution in [-0.2, 0) is 9.53 Å². The molecule has 116 valence electrons. The first-order valence-corrected chi connectivity index (χ1v) is 7.55. The van der Waals surface area contributed by atoms with E-state index >= 15 is 0 Å². The Hall–Kier alpha value is -1.75. The molecule has 1 aromatic carbocycles. The molecule has 1 fully saturated rings. The summed E-state index contributed by atoms with van der Waals surface area (Å²) in [6.07, 6.45) is 1.16. The summed E-state index contributed by atoms with van der Waals surface area (Å²) in [7, 11) is 0. The zero-order valence-electron chi connectivity index (χ0n) is 12.8. The fraction of sp³-hybridized carbons (Fsp3) is 0.562. The van der Waals surface area contributed by atoms with Crippen LogP contribution >= 0.6 is 0 Å². The smallest absolute Gasteiger partial charge is 0.242 e. The third-order valence-electron chi connectivity index (χ3n) is 3.55. The molecule has 1 unspecified atom stereocenters. The number of carbonyl (C=O) groups is 1. The number of morpholine rings is 1. The number of nitrogens with zero attached hydrogens (tertiary/aromatic N) is 1. The molecule has 1 N–H and O–H groups in total. The second kappa shape index (κ2) is 7.88. The second-order valence-corrected chi connectivity index (χ2v) is 5.21. The first kappa shape index (κ1) is 15.6. The van der Waals surface area contributed by atoms with Crippen LogP contribution in [-0.4, -0.2) is 49.8 Å². The molecule has 0 aromatic heterocycles. The number of anilines is 1. The molecule has 1 saturated heterocycles. The van der Waals surface area contributed by atoms with E-state index in [1.807, 2.05) is 36.1 Å². The highest BCUT2D eigenvalue weighted by Gasteiger charge is 2.16. The van der Waals surface area contributed by atoms with Gasteiger partial charge in [0, 0.05) is 24.8 Å². The summed E-state index contributed by atoms with van der Waals surface area (Å²) in [5, 5.41) is 3.16. The van der Waals surface area contributed by atoms with Crippen LogP contribution in [0.2, 0.25) is 0 Å². The van der Waals surface area contributed by atoms with Crippen molar-refractivity contribution in [1.82, 2.24) is 4.90 Å². The number of benzene rings is 1. The molecule has 0 radical (unpaired) electrons. The standard InChI is InChI=1S/C16H24N2O3/c1-3-13(2)21-15-6-4-5-14(11-15)17-12-16(19)18-7-9-20-10-8-18/h4-6,11,13,17H,3,7-10,12H2,1-2H3. The van der Waals surface area contributed by atoms with E-state index < -0.39 is 0 Å². The van der Waals surface area contributed by atoms with Crippen molar-refractivity contribution in [3.8, 4) is 5.75 Å². The molecule has 1 aliphatic heterocycles. The third-order valence-corrected chi connectivity index (χ3v) is 3.55. The van der Waals surface area contributed by atoms with Crippen LogP contribution in [0.3, 0.4) is 0 Å². The van der Waals surface area contributed by atoms with Gasteiger partial charge in [0.1, 0.15) is 5.75 Å². The normalized spacial score (nSPS) is 16.4. The van der Waals surface area contributed by atoms with Crippen LogP contribution in [0, 0.1) is 0 Å². The predicted octanol–water partition coefficient (Wildman–Crippen LogP) is 2.13. The first-order valence-electron chi connectivity index (χ1n) is 7.55. The lowest BCUT2D eigenvalue weighted by atomic mass is 10.2. The largest absolute Gasteiger partial charge is 0.491 e. The van der Waals surface area contributed by atoms with Gasteiger partial charge in [-0.1, -0.05) is 13.0 Å². The Morgan fingerprint density at radius 2 is 2.19 bits per heavy atom. The van der Waals surface area contributed by atoms with E-state index in [1.54, 1.807) is 0 Å². The lowest BCUT2D eigenvalue weighted by molar-refractivity contribution is -0.133. The van der Waals surface area contributed by atoms with Crippen molar-refractivity contribution in [2.75, 3.05) is 38.2 Å². The minimum atomic E-state index is 0.103. The molecule has 1 aliphatic rings. The quantitative estimate of drug-likeness (QED) is 0.872. The van der Waals surface area contributed by atoms with E-state index in [-0.39, 0.29) is 12.0 Å². The van der Waals surface area contributed by atoms with Gasteiger partial charge in [0.05, 0.1) is 25.9 Å². The Labute approximate surface area is 126 Å². The van der Waals surface area contributed by atoms with E-state index in [0.29, 0.717) is 32.8 Å². The number of amides is 1. The van der Waals surface area contributed by atoms with Crippen LogP contribution in [0.4, 0.5) is 5.69 Å². The molecule has 1 aromatic rings. The molecule has 1 heterocycles. The first-order chi connectivity index (χ1) is 10.2. The van der Waals surface area contributed by atoms with Gasteiger partial charge in [-0.25, -0.2) is 0 Å². The molecule has 0 saturated carbocycles. The van der Waals surface area contributed by atoms with Crippen LogP contribution in [0.1, 0.15) is 20.3 Å². The van der Waals surface area contributed by atoms with Gasteiger partial charge >= 0.3 is 0 Å². The van der Waals surface area contributed by atoms with Crippen LogP contribution in [0.15, 0.2) is 24.3 Å². The number of hydrogen-bond acceptors (Lipinski definition) is 4. The van der Waals surface area contributed by atoms with Gasteiger partial charge in [-0.15, -0.1) is 0 Å².